The van der Waals surface area contributed by atoms with Crippen LogP contribution in [0.3, 0.4) is 0 Å². The van der Waals surface area contributed by atoms with Crippen LogP contribution in [-0.4, -0.2) is 15.3 Å². The number of benzene rings is 2. The molecule has 3 aromatic rings. The van der Waals surface area contributed by atoms with Gasteiger partial charge in [0.15, 0.2) is 4.77 Å². The van der Waals surface area contributed by atoms with E-state index in [-0.39, 0.29) is 15.9 Å². The van der Waals surface area contributed by atoms with Crippen LogP contribution >= 0.6 is 12.2 Å². The van der Waals surface area contributed by atoms with Gasteiger partial charge in [0.2, 0.25) is 5.78 Å². The number of Topliss-reactive ketones (excluding diaryl/α,β-unsaturated/α-hetero) is 1. The predicted molar refractivity (Wildman–Crippen MR) is 94.1 cm³/mol. The average Bonchev–Trinajstić information content (AvgIpc) is 2.60. The Morgan fingerprint density at radius 3 is 2.62 bits per heavy atom. The second kappa shape index (κ2) is 6.44. The molecule has 0 bridgehead atoms. The van der Waals surface area contributed by atoms with Crippen molar-refractivity contribution in [2.75, 3.05) is 0 Å². The summed E-state index contributed by atoms with van der Waals surface area (Å²) in [5.41, 5.74) is -0.00473. The Bertz CT molecular complexity index is 1130. The maximum Gasteiger partial charge on any atom is 0.251 e. The molecule has 0 saturated carbocycles. The van der Waals surface area contributed by atoms with Gasteiger partial charge < -0.3 is 0 Å². The lowest BCUT2D eigenvalue weighted by Crippen LogP contribution is -2.09. The molecule has 2 aromatic carbocycles. The number of aromatic nitrogens is 2. The topological polar surface area (TPSA) is 78.7 Å². The number of carbonyl (C=O) groups excluding carboxylic acids is 1. The van der Waals surface area contributed by atoms with Crippen molar-refractivity contribution < 1.29 is 4.79 Å². The molecule has 3 rings (SSSR count). The van der Waals surface area contributed by atoms with E-state index in [4.69, 9.17) is 12.2 Å². The van der Waals surface area contributed by atoms with Crippen molar-refractivity contribution >= 4 is 35.0 Å². The molecule has 0 unspecified atom stereocenters. The molecule has 0 atom stereocenters. The molecule has 24 heavy (non-hydrogen) atoms. The summed E-state index contributed by atoms with van der Waals surface area (Å²) in [7, 11) is 0. The van der Waals surface area contributed by atoms with Crippen LogP contribution in [0.1, 0.15) is 10.4 Å². The van der Waals surface area contributed by atoms with Gasteiger partial charge in [-0.25, -0.2) is 0 Å². The second-order valence-corrected chi connectivity index (χ2v) is 5.45. The molecule has 0 spiro atoms. The molecule has 0 fully saturated rings. The zero-order valence-corrected chi connectivity index (χ0v) is 13.2. The Morgan fingerprint density at radius 1 is 1.17 bits per heavy atom. The van der Waals surface area contributed by atoms with E-state index in [0.29, 0.717) is 5.56 Å². The molecular formula is C18H11N3O2S. The van der Waals surface area contributed by atoms with Crippen LogP contribution in [0.5, 0.6) is 0 Å². The van der Waals surface area contributed by atoms with Crippen LogP contribution in [0.15, 0.2) is 65.1 Å². The molecule has 116 valence electrons. The summed E-state index contributed by atoms with van der Waals surface area (Å²) in [5, 5.41) is 11.3. The van der Waals surface area contributed by atoms with Gasteiger partial charge in [-0.2, -0.15) is 5.26 Å². The first-order chi connectivity index (χ1) is 11.6. The molecule has 5 nitrogen and oxygen atoms in total. The molecule has 0 aliphatic heterocycles. The van der Waals surface area contributed by atoms with Crippen LogP contribution < -0.4 is 5.56 Å². The van der Waals surface area contributed by atoms with Gasteiger partial charge in [-0.3, -0.25) is 19.1 Å². The van der Waals surface area contributed by atoms with Crippen molar-refractivity contribution in [3.05, 3.63) is 81.0 Å². The van der Waals surface area contributed by atoms with Crippen molar-refractivity contribution in [3.8, 4) is 6.07 Å². The number of carbonyl (C=O) groups is 1. The van der Waals surface area contributed by atoms with Crippen molar-refractivity contribution in [1.82, 2.24) is 9.55 Å². The number of H-pyrrole nitrogens is 1. The predicted octanol–water partition coefficient (Wildman–Crippen LogP) is 3.31. The van der Waals surface area contributed by atoms with Gasteiger partial charge in [0.1, 0.15) is 11.6 Å². The van der Waals surface area contributed by atoms with Crippen molar-refractivity contribution in [2.24, 2.45) is 0 Å². The summed E-state index contributed by atoms with van der Waals surface area (Å²) in [5.74, 6) is -0.406. The maximum atomic E-state index is 12.6. The fourth-order valence-corrected chi connectivity index (χ4v) is 2.51. The van der Waals surface area contributed by atoms with Crippen molar-refractivity contribution in [1.29, 1.82) is 5.26 Å². The highest BCUT2D eigenvalue weighted by molar-refractivity contribution is 7.71. The number of ketones is 1. The summed E-state index contributed by atoms with van der Waals surface area (Å²) in [6.07, 6.45) is 2.72. The summed E-state index contributed by atoms with van der Waals surface area (Å²) in [6, 6.07) is 16.1. The first kappa shape index (κ1) is 15.6. The fourth-order valence-electron chi connectivity index (χ4n) is 2.29. The fraction of sp³-hybridized carbons (Fsp3) is 0. The summed E-state index contributed by atoms with van der Waals surface area (Å²) in [4.78, 5) is 26.2. The standard InChI is InChI=1S/C18H11N3O2S/c19-10-15(11-21-8-7-16(22)20-18(21)24)17(23)14-6-5-12-3-1-2-4-13(12)9-14/h1-9,11H,(H,20,22,24)/b15-11+. The Hall–Kier alpha value is -3.30. The maximum absolute atomic E-state index is 12.6. The Kier molecular flexibility index (Phi) is 4.18. The molecule has 6 heteroatoms. The van der Waals surface area contributed by atoms with Gasteiger partial charge in [-0.1, -0.05) is 36.4 Å². The number of hydrogen-bond acceptors (Lipinski definition) is 4. The highest BCUT2D eigenvalue weighted by Gasteiger charge is 2.13. The largest absolute Gasteiger partial charge is 0.299 e. The first-order valence-electron chi connectivity index (χ1n) is 7.05. The number of rotatable bonds is 3. The minimum Gasteiger partial charge on any atom is -0.299 e. The molecule has 1 N–H and O–H groups in total. The molecule has 1 heterocycles. The Morgan fingerprint density at radius 2 is 1.92 bits per heavy atom. The minimum atomic E-state index is -0.406. The number of nitriles is 1. The van der Waals surface area contributed by atoms with E-state index in [1.165, 1.54) is 23.0 Å². The number of hydrogen-bond donors (Lipinski definition) is 1. The SMILES string of the molecule is N#C/C(=C\n1ccc(=O)[nH]c1=S)C(=O)c1ccc2ccccc2c1. The molecule has 0 amide bonds. The van der Waals surface area contributed by atoms with Gasteiger partial charge in [-0.05, 0) is 29.1 Å². The van der Waals surface area contributed by atoms with Crippen LogP contribution in [0, 0.1) is 16.1 Å². The lowest BCUT2D eigenvalue weighted by molar-refractivity contribution is 0.104. The van der Waals surface area contributed by atoms with E-state index >= 15 is 0 Å². The lowest BCUT2D eigenvalue weighted by atomic mass is 10.0. The number of nitrogens with one attached hydrogen (secondary N) is 1. The van der Waals surface area contributed by atoms with Gasteiger partial charge in [0, 0.05) is 24.0 Å². The number of nitrogens with zero attached hydrogens (tertiary/aromatic N) is 2. The normalized spacial score (nSPS) is 11.2. The zero-order valence-electron chi connectivity index (χ0n) is 12.4. The molecule has 0 aliphatic rings. The highest BCUT2D eigenvalue weighted by atomic mass is 32.1. The lowest BCUT2D eigenvalue weighted by Gasteiger charge is -2.04. The van der Waals surface area contributed by atoms with Crippen LogP contribution in [0.2, 0.25) is 0 Å². The first-order valence-corrected chi connectivity index (χ1v) is 7.46. The van der Waals surface area contributed by atoms with E-state index in [1.807, 2.05) is 36.4 Å². The number of allylic oxidation sites excluding steroid dienone is 1. The third kappa shape index (κ3) is 3.07. The monoisotopic (exact) mass is 333 g/mol. The number of aromatic amines is 1. The van der Waals surface area contributed by atoms with E-state index in [9.17, 15) is 14.9 Å². The summed E-state index contributed by atoms with van der Waals surface area (Å²) < 4.78 is 1.47. The quantitative estimate of drug-likeness (QED) is 0.345. The van der Waals surface area contributed by atoms with Crippen LogP contribution in [-0.2, 0) is 0 Å². The Labute approximate surface area is 142 Å². The summed E-state index contributed by atoms with van der Waals surface area (Å²) >= 11 is 5.01. The average molecular weight is 333 g/mol. The van der Waals surface area contributed by atoms with Crippen molar-refractivity contribution in [3.63, 3.8) is 0 Å². The van der Waals surface area contributed by atoms with E-state index in [0.717, 1.165) is 10.8 Å². The van der Waals surface area contributed by atoms with E-state index in [1.54, 1.807) is 12.1 Å². The third-order valence-corrected chi connectivity index (χ3v) is 3.81. The molecule has 0 saturated heterocycles. The highest BCUT2D eigenvalue weighted by Crippen LogP contribution is 2.18. The van der Waals surface area contributed by atoms with E-state index < -0.39 is 5.78 Å². The van der Waals surface area contributed by atoms with Gasteiger partial charge >= 0.3 is 0 Å². The molecule has 1 aromatic heterocycles. The van der Waals surface area contributed by atoms with Crippen LogP contribution in [0.25, 0.3) is 17.0 Å². The van der Waals surface area contributed by atoms with Gasteiger partial charge in [0.25, 0.3) is 5.56 Å². The van der Waals surface area contributed by atoms with Gasteiger partial charge in [-0.15, -0.1) is 0 Å². The van der Waals surface area contributed by atoms with Crippen molar-refractivity contribution in [2.45, 2.75) is 0 Å². The molecular weight excluding hydrogens is 322 g/mol. The Balaban J connectivity index is 2.05. The smallest absolute Gasteiger partial charge is 0.251 e. The zero-order chi connectivity index (χ0) is 17.1. The third-order valence-electron chi connectivity index (χ3n) is 3.50. The van der Waals surface area contributed by atoms with Gasteiger partial charge in [0.05, 0.1) is 0 Å². The minimum absolute atomic E-state index is 0.0755. The molecule has 0 radical (unpaired) electrons. The second-order valence-electron chi connectivity index (χ2n) is 5.06. The summed E-state index contributed by atoms with van der Waals surface area (Å²) in [6.45, 7) is 0. The van der Waals surface area contributed by atoms with E-state index in [2.05, 4.69) is 4.98 Å². The van der Waals surface area contributed by atoms with Crippen LogP contribution in [0.4, 0.5) is 0 Å². The molecule has 0 aliphatic carbocycles. The number of fused-ring (bicyclic) bond motifs is 1.